The molecule has 0 unspecified atom stereocenters. The number of nitrogens with two attached hydrogens (primary N) is 1. The van der Waals surface area contributed by atoms with Gasteiger partial charge in [-0.25, -0.2) is 4.68 Å². The van der Waals surface area contributed by atoms with Crippen LogP contribution in [-0.4, -0.2) is 26.5 Å². The van der Waals surface area contributed by atoms with Gasteiger partial charge in [0.25, 0.3) is 0 Å². The average molecular weight is 422 g/mol. The van der Waals surface area contributed by atoms with E-state index in [0.29, 0.717) is 26.6 Å². The highest BCUT2D eigenvalue weighted by Gasteiger charge is 2.16. The van der Waals surface area contributed by atoms with Crippen LogP contribution in [0.15, 0.2) is 47.6 Å². The number of nitrogens with one attached hydrogen (secondary N) is 1. The van der Waals surface area contributed by atoms with Crippen molar-refractivity contribution in [2.75, 3.05) is 16.9 Å². The van der Waals surface area contributed by atoms with E-state index < -0.39 is 0 Å². The molecule has 0 atom stereocenters. The molecule has 0 aliphatic carbocycles. The molecule has 140 valence electrons. The van der Waals surface area contributed by atoms with Crippen molar-refractivity contribution in [3.63, 3.8) is 0 Å². The van der Waals surface area contributed by atoms with Crippen molar-refractivity contribution in [2.24, 2.45) is 0 Å². The number of hydrogen-bond donors (Lipinski definition) is 2. The van der Waals surface area contributed by atoms with Crippen molar-refractivity contribution in [3.8, 4) is 11.4 Å². The summed E-state index contributed by atoms with van der Waals surface area (Å²) >= 11 is 13.3. The predicted molar refractivity (Wildman–Crippen MR) is 111 cm³/mol. The van der Waals surface area contributed by atoms with Gasteiger partial charge in [0.2, 0.25) is 11.1 Å². The zero-order valence-corrected chi connectivity index (χ0v) is 16.8. The van der Waals surface area contributed by atoms with Crippen molar-refractivity contribution >= 4 is 46.6 Å². The maximum atomic E-state index is 12.2. The molecule has 6 nitrogen and oxygen atoms in total. The van der Waals surface area contributed by atoms with E-state index in [4.69, 9.17) is 29.0 Å². The standard InChI is InChI=1S/C18H17Cl2N5OS/c1-2-11-4-3-5-13(8-11)22-16(26)10-27-18-24-23-17(25(18)21)14-7-6-12(19)9-15(14)20/h3-9H,2,10,21H2,1H3,(H,22,26). The topological polar surface area (TPSA) is 85.8 Å². The number of carbonyl (C=O) groups excluding carboxylic acids is 1. The van der Waals surface area contributed by atoms with Crippen molar-refractivity contribution in [1.29, 1.82) is 0 Å². The summed E-state index contributed by atoms with van der Waals surface area (Å²) < 4.78 is 1.31. The second-order valence-electron chi connectivity index (χ2n) is 5.69. The lowest BCUT2D eigenvalue weighted by molar-refractivity contribution is -0.113. The number of anilines is 1. The van der Waals surface area contributed by atoms with Gasteiger partial charge < -0.3 is 11.2 Å². The molecule has 1 aromatic heterocycles. The summed E-state index contributed by atoms with van der Waals surface area (Å²) in [7, 11) is 0. The Morgan fingerprint density at radius 1 is 1.22 bits per heavy atom. The maximum absolute atomic E-state index is 12.2. The summed E-state index contributed by atoms with van der Waals surface area (Å²) in [6, 6.07) is 12.8. The zero-order valence-electron chi connectivity index (χ0n) is 14.4. The SMILES string of the molecule is CCc1cccc(NC(=O)CSc2nnc(-c3ccc(Cl)cc3Cl)n2N)c1. The Morgan fingerprint density at radius 2 is 2.04 bits per heavy atom. The quantitative estimate of drug-likeness (QED) is 0.458. The Morgan fingerprint density at radius 3 is 2.78 bits per heavy atom. The van der Waals surface area contributed by atoms with Crippen molar-refractivity contribution in [2.45, 2.75) is 18.5 Å². The lowest BCUT2D eigenvalue weighted by Gasteiger charge is -2.07. The van der Waals surface area contributed by atoms with E-state index in [1.165, 1.54) is 16.4 Å². The third-order valence-corrected chi connectivity index (χ3v) is 5.28. The number of halogens is 2. The van der Waals surface area contributed by atoms with Gasteiger partial charge in [0.05, 0.1) is 10.8 Å². The predicted octanol–water partition coefficient (Wildman–Crippen LogP) is 4.26. The summed E-state index contributed by atoms with van der Waals surface area (Å²) in [6.07, 6.45) is 0.908. The first-order valence-corrected chi connectivity index (χ1v) is 9.89. The molecule has 9 heteroatoms. The Bertz CT molecular complexity index is 976. The van der Waals surface area contributed by atoms with Crippen LogP contribution in [0.25, 0.3) is 11.4 Å². The fourth-order valence-electron chi connectivity index (χ4n) is 2.43. The van der Waals surface area contributed by atoms with Crippen molar-refractivity contribution in [1.82, 2.24) is 14.9 Å². The Balaban J connectivity index is 1.66. The average Bonchev–Trinajstić information content (AvgIpc) is 3.01. The molecular formula is C18H17Cl2N5OS. The number of thioether (sulfide) groups is 1. The molecule has 1 amide bonds. The van der Waals surface area contributed by atoms with Gasteiger partial charge in [-0.05, 0) is 42.3 Å². The number of rotatable bonds is 6. The number of aryl methyl sites for hydroxylation is 1. The van der Waals surface area contributed by atoms with Gasteiger partial charge in [-0.1, -0.05) is 54.0 Å². The normalized spacial score (nSPS) is 10.8. The summed E-state index contributed by atoms with van der Waals surface area (Å²) in [5.74, 6) is 6.47. The summed E-state index contributed by atoms with van der Waals surface area (Å²) in [6.45, 7) is 2.06. The summed E-state index contributed by atoms with van der Waals surface area (Å²) in [4.78, 5) is 12.2. The number of carbonyl (C=O) groups is 1. The van der Waals surface area contributed by atoms with Crippen LogP contribution in [0.3, 0.4) is 0 Å². The molecule has 3 aromatic rings. The van der Waals surface area contributed by atoms with Gasteiger partial charge in [-0.15, -0.1) is 10.2 Å². The van der Waals surface area contributed by atoms with Crippen molar-refractivity contribution in [3.05, 3.63) is 58.1 Å². The highest BCUT2D eigenvalue weighted by atomic mass is 35.5. The van der Waals surface area contributed by atoms with E-state index in [9.17, 15) is 4.79 Å². The third-order valence-electron chi connectivity index (χ3n) is 3.79. The van der Waals surface area contributed by atoms with Crippen LogP contribution in [0.2, 0.25) is 10.0 Å². The zero-order chi connectivity index (χ0) is 19.4. The van der Waals surface area contributed by atoms with Crippen LogP contribution >= 0.6 is 35.0 Å². The first-order chi connectivity index (χ1) is 13.0. The van der Waals surface area contributed by atoms with Crippen LogP contribution in [0.4, 0.5) is 5.69 Å². The number of hydrogen-bond acceptors (Lipinski definition) is 5. The fraction of sp³-hybridized carbons (Fsp3) is 0.167. The smallest absolute Gasteiger partial charge is 0.234 e. The molecule has 3 rings (SSSR count). The molecule has 0 spiro atoms. The van der Waals surface area contributed by atoms with Gasteiger partial charge in [-0.2, -0.15) is 0 Å². The molecule has 0 radical (unpaired) electrons. The lowest BCUT2D eigenvalue weighted by atomic mass is 10.1. The molecule has 0 saturated carbocycles. The maximum Gasteiger partial charge on any atom is 0.234 e. The van der Waals surface area contributed by atoms with Gasteiger partial charge in [0.15, 0.2) is 5.82 Å². The lowest BCUT2D eigenvalue weighted by Crippen LogP contribution is -2.16. The highest BCUT2D eigenvalue weighted by Crippen LogP contribution is 2.30. The largest absolute Gasteiger partial charge is 0.335 e. The van der Waals surface area contributed by atoms with Crippen LogP contribution in [0.1, 0.15) is 12.5 Å². The van der Waals surface area contributed by atoms with E-state index in [2.05, 4.69) is 22.4 Å². The fourth-order valence-corrected chi connectivity index (χ4v) is 3.58. The Labute approximate surface area is 171 Å². The first-order valence-electron chi connectivity index (χ1n) is 8.15. The van der Waals surface area contributed by atoms with Crippen LogP contribution in [0.5, 0.6) is 0 Å². The second kappa shape index (κ2) is 8.65. The van der Waals surface area contributed by atoms with E-state index >= 15 is 0 Å². The molecule has 3 N–H and O–H groups in total. The van der Waals surface area contributed by atoms with Gasteiger partial charge in [0, 0.05) is 16.3 Å². The highest BCUT2D eigenvalue weighted by molar-refractivity contribution is 7.99. The van der Waals surface area contributed by atoms with Gasteiger partial charge >= 0.3 is 0 Å². The van der Waals surface area contributed by atoms with Gasteiger partial charge in [-0.3, -0.25) is 4.79 Å². The number of nitrogen functional groups attached to an aromatic ring is 1. The summed E-state index contributed by atoms with van der Waals surface area (Å²) in [5, 5.41) is 12.3. The minimum Gasteiger partial charge on any atom is -0.335 e. The molecule has 0 bridgehead atoms. The number of aromatic nitrogens is 3. The van der Waals surface area contributed by atoms with Crippen LogP contribution < -0.4 is 11.2 Å². The number of nitrogens with zero attached hydrogens (tertiary/aromatic N) is 3. The monoisotopic (exact) mass is 421 g/mol. The minimum atomic E-state index is -0.151. The Kier molecular flexibility index (Phi) is 6.26. The first kappa shape index (κ1) is 19.5. The molecule has 2 aromatic carbocycles. The van der Waals surface area contributed by atoms with E-state index in [0.717, 1.165) is 17.7 Å². The number of amides is 1. The molecule has 27 heavy (non-hydrogen) atoms. The Hall–Kier alpha value is -2.22. The number of benzene rings is 2. The van der Waals surface area contributed by atoms with E-state index in [1.807, 2.05) is 24.3 Å². The second-order valence-corrected chi connectivity index (χ2v) is 7.48. The molecule has 0 aliphatic heterocycles. The molecule has 0 aliphatic rings. The summed E-state index contributed by atoms with van der Waals surface area (Å²) in [5.41, 5.74) is 2.54. The van der Waals surface area contributed by atoms with E-state index in [-0.39, 0.29) is 11.7 Å². The molecule has 0 fully saturated rings. The molecule has 0 saturated heterocycles. The van der Waals surface area contributed by atoms with Crippen LogP contribution in [-0.2, 0) is 11.2 Å². The molecule has 1 heterocycles. The van der Waals surface area contributed by atoms with E-state index in [1.54, 1.807) is 18.2 Å². The minimum absolute atomic E-state index is 0.151. The van der Waals surface area contributed by atoms with Gasteiger partial charge in [0.1, 0.15) is 0 Å². The third kappa shape index (κ3) is 4.74. The molecular weight excluding hydrogens is 405 g/mol. The van der Waals surface area contributed by atoms with Crippen molar-refractivity contribution < 1.29 is 4.79 Å². The van der Waals surface area contributed by atoms with Crippen LogP contribution in [0, 0.1) is 0 Å².